The van der Waals surface area contributed by atoms with Crippen molar-refractivity contribution in [2.24, 2.45) is 0 Å². The highest BCUT2D eigenvalue weighted by atomic mass is 35.5. The van der Waals surface area contributed by atoms with Gasteiger partial charge in [-0.1, -0.05) is 59.6 Å². The maximum absolute atomic E-state index is 12.9. The van der Waals surface area contributed by atoms with Crippen LogP contribution in [0.5, 0.6) is 5.75 Å². The summed E-state index contributed by atoms with van der Waals surface area (Å²) in [5.74, 6) is 0.505. The number of amides is 1. The molecule has 168 valence electrons. The van der Waals surface area contributed by atoms with Gasteiger partial charge in [-0.25, -0.2) is 0 Å². The van der Waals surface area contributed by atoms with Crippen LogP contribution in [0.25, 0.3) is 0 Å². The van der Waals surface area contributed by atoms with E-state index in [1.54, 1.807) is 24.3 Å². The Kier molecular flexibility index (Phi) is 7.02. The third kappa shape index (κ3) is 5.56. The molecule has 0 atom stereocenters. The number of carbonyl (C=O) groups is 1. The van der Waals surface area contributed by atoms with E-state index in [0.29, 0.717) is 40.2 Å². The molecule has 0 saturated heterocycles. The lowest BCUT2D eigenvalue weighted by atomic mass is 10.1. The minimum absolute atomic E-state index is 0.194. The van der Waals surface area contributed by atoms with Crippen molar-refractivity contribution in [2.75, 3.05) is 5.32 Å². The molecule has 0 aliphatic heterocycles. The molecule has 7 heteroatoms. The largest absolute Gasteiger partial charge is 0.489 e. The van der Waals surface area contributed by atoms with Crippen molar-refractivity contribution in [2.45, 2.75) is 27.0 Å². The van der Waals surface area contributed by atoms with Gasteiger partial charge in [0.2, 0.25) is 0 Å². The van der Waals surface area contributed by atoms with Crippen LogP contribution < -0.4 is 10.1 Å². The summed E-state index contributed by atoms with van der Waals surface area (Å²) in [6.07, 6.45) is 0. The number of nitrogens with one attached hydrogen (secondary N) is 1. The fourth-order valence-electron chi connectivity index (χ4n) is 3.48. The summed E-state index contributed by atoms with van der Waals surface area (Å²) in [6.45, 7) is 4.73. The summed E-state index contributed by atoms with van der Waals surface area (Å²) in [7, 11) is 0. The predicted molar refractivity (Wildman–Crippen MR) is 132 cm³/mol. The van der Waals surface area contributed by atoms with E-state index in [4.69, 9.17) is 27.9 Å². The molecule has 0 fully saturated rings. The molecule has 0 aliphatic carbocycles. The van der Waals surface area contributed by atoms with Gasteiger partial charge in [-0.05, 0) is 61.4 Å². The average Bonchev–Trinajstić information content (AvgIpc) is 3.07. The summed E-state index contributed by atoms with van der Waals surface area (Å²) >= 11 is 12.3. The molecule has 33 heavy (non-hydrogen) atoms. The van der Waals surface area contributed by atoms with Crippen LogP contribution in [0, 0.1) is 13.8 Å². The number of anilines is 1. The maximum atomic E-state index is 12.9. The third-order valence-corrected chi connectivity index (χ3v) is 5.92. The van der Waals surface area contributed by atoms with Gasteiger partial charge in [-0.3, -0.25) is 9.48 Å². The molecule has 0 bridgehead atoms. The lowest BCUT2D eigenvalue weighted by molar-refractivity contribution is 0.102. The van der Waals surface area contributed by atoms with Crippen LogP contribution in [0.1, 0.15) is 32.9 Å². The minimum atomic E-state index is -0.194. The first-order valence-electron chi connectivity index (χ1n) is 10.5. The Morgan fingerprint density at radius 1 is 1.00 bits per heavy atom. The summed E-state index contributed by atoms with van der Waals surface area (Å²) < 4.78 is 7.60. The first kappa shape index (κ1) is 22.9. The standard InChI is InChI=1S/C26H23Cl2N3O2/c1-17-25(18(2)31(30-17)15-21-6-3-4-9-24(21)28)29-26(32)20-12-10-19(11-13-20)16-33-23-8-5-7-22(27)14-23/h3-14H,15-16H2,1-2H3,(H,29,32). The Bertz CT molecular complexity index is 1280. The topological polar surface area (TPSA) is 56.2 Å². The molecule has 5 nitrogen and oxygen atoms in total. The van der Waals surface area contributed by atoms with Gasteiger partial charge in [0.25, 0.3) is 5.91 Å². The van der Waals surface area contributed by atoms with E-state index in [0.717, 1.165) is 22.5 Å². The molecule has 4 rings (SSSR count). The lowest BCUT2D eigenvalue weighted by Crippen LogP contribution is -2.13. The number of benzene rings is 3. The number of hydrogen-bond donors (Lipinski definition) is 1. The Hall–Kier alpha value is -3.28. The SMILES string of the molecule is Cc1nn(Cc2ccccc2Cl)c(C)c1NC(=O)c1ccc(COc2cccc(Cl)c2)cc1. The fourth-order valence-corrected chi connectivity index (χ4v) is 3.86. The Morgan fingerprint density at radius 3 is 2.48 bits per heavy atom. The second-order valence-corrected chi connectivity index (χ2v) is 8.54. The van der Waals surface area contributed by atoms with Gasteiger partial charge in [0.15, 0.2) is 0 Å². The number of aromatic nitrogens is 2. The van der Waals surface area contributed by atoms with Crippen LogP contribution in [0.2, 0.25) is 10.0 Å². The molecular weight excluding hydrogens is 457 g/mol. The quantitative estimate of drug-likeness (QED) is 0.321. The minimum Gasteiger partial charge on any atom is -0.489 e. The van der Waals surface area contributed by atoms with Crippen molar-refractivity contribution in [1.82, 2.24) is 9.78 Å². The van der Waals surface area contributed by atoms with Crippen molar-refractivity contribution < 1.29 is 9.53 Å². The van der Waals surface area contributed by atoms with Crippen molar-refractivity contribution in [3.8, 4) is 5.75 Å². The van der Waals surface area contributed by atoms with Gasteiger partial charge in [0.05, 0.1) is 23.6 Å². The molecule has 0 saturated carbocycles. The van der Waals surface area contributed by atoms with Crippen molar-refractivity contribution in [3.63, 3.8) is 0 Å². The van der Waals surface area contributed by atoms with E-state index in [1.165, 1.54) is 0 Å². The van der Waals surface area contributed by atoms with E-state index in [2.05, 4.69) is 10.4 Å². The predicted octanol–water partition coefficient (Wildman–Crippen LogP) is 6.69. The fraction of sp³-hybridized carbons (Fsp3) is 0.154. The normalized spacial score (nSPS) is 10.8. The molecule has 0 unspecified atom stereocenters. The summed E-state index contributed by atoms with van der Waals surface area (Å²) in [5.41, 5.74) is 4.80. The maximum Gasteiger partial charge on any atom is 0.255 e. The van der Waals surface area contributed by atoms with Crippen molar-refractivity contribution >= 4 is 34.8 Å². The smallest absolute Gasteiger partial charge is 0.255 e. The van der Waals surface area contributed by atoms with E-state index >= 15 is 0 Å². The highest BCUT2D eigenvalue weighted by molar-refractivity contribution is 6.31. The molecule has 0 radical (unpaired) electrons. The highest BCUT2D eigenvalue weighted by Crippen LogP contribution is 2.24. The first-order valence-corrected chi connectivity index (χ1v) is 11.2. The molecular formula is C26H23Cl2N3O2. The lowest BCUT2D eigenvalue weighted by Gasteiger charge is -2.09. The third-order valence-electron chi connectivity index (χ3n) is 5.32. The van der Waals surface area contributed by atoms with E-state index < -0.39 is 0 Å². The zero-order valence-corrected chi connectivity index (χ0v) is 19.8. The zero-order chi connectivity index (χ0) is 23.4. The van der Waals surface area contributed by atoms with Gasteiger partial charge in [0.1, 0.15) is 12.4 Å². The molecule has 0 aliphatic rings. The number of carbonyl (C=O) groups excluding carboxylic acids is 1. The summed E-state index contributed by atoms with van der Waals surface area (Å²) in [4.78, 5) is 12.9. The summed E-state index contributed by atoms with van der Waals surface area (Å²) in [5, 5.41) is 8.90. The average molecular weight is 480 g/mol. The number of halogens is 2. The Labute approximate surface area is 202 Å². The van der Waals surface area contributed by atoms with Gasteiger partial charge in [0, 0.05) is 15.6 Å². The zero-order valence-electron chi connectivity index (χ0n) is 18.3. The monoisotopic (exact) mass is 479 g/mol. The molecule has 3 aromatic carbocycles. The highest BCUT2D eigenvalue weighted by Gasteiger charge is 2.16. The van der Waals surface area contributed by atoms with Crippen LogP contribution in [0.15, 0.2) is 72.8 Å². The van der Waals surface area contributed by atoms with E-state index in [-0.39, 0.29) is 5.91 Å². The second kappa shape index (κ2) is 10.1. The Morgan fingerprint density at radius 2 is 1.76 bits per heavy atom. The van der Waals surface area contributed by atoms with E-state index in [9.17, 15) is 4.79 Å². The van der Waals surface area contributed by atoms with Gasteiger partial charge in [-0.2, -0.15) is 5.10 Å². The van der Waals surface area contributed by atoms with Crippen molar-refractivity contribution in [3.05, 3.63) is 111 Å². The first-order chi connectivity index (χ1) is 15.9. The molecule has 1 aromatic heterocycles. The number of ether oxygens (including phenoxy) is 1. The van der Waals surface area contributed by atoms with Crippen LogP contribution >= 0.6 is 23.2 Å². The molecule has 1 heterocycles. The van der Waals surface area contributed by atoms with Crippen LogP contribution in [-0.2, 0) is 13.2 Å². The van der Waals surface area contributed by atoms with Crippen LogP contribution in [-0.4, -0.2) is 15.7 Å². The number of rotatable bonds is 7. The second-order valence-electron chi connectivity index (χ2n) is 7.69. The number of nitrogens with zero attached hydrogens (tertiary/aromatic N) is 2. The van der Waals surface area contributed by atoms with Gasteiger partial charge < -0.3 is 10.1 Å². The molecule has 1 N–H and O–H groups in total. The van der Waals surface area contributed by atoms with Crippen LogP contribution in [0.4, 0.5) is 5.69 Å². The van der Waals surface area contributed by atoms with Crippen molar-refractivity contribution in [1.29, 1.82) is 0 Å². The Balaban J connectivity index is 1.42. The number of aryl methyl sites for hydroxylation is 1. The van der Waals surface area contributed by atoms with Gasteiger partial charge in [-0.15, -0.1) is 0 Å². The van der Waals surface area contributed by atoms with Gasteiger partial charge >= 0.3 is 0 Å². The molecule has 0 spiro atoms. The van der Waals surface area contributed by atoms with E-state index in [1.807, 2.05) is 67.1 Å². The summed E-state index contributed by atoms with van der Waals surface area (Å²) in [6, 6.07) is 22.2. The number of hydrogen-bond acceptors (Lipinski definition) is 3. The molecule has 4 aromatic rings. The molecule has 1 amide bonds. The van der Waals surface area contributed by atoms with Crippen LogP contribution in [0.3, 0.4) is 0 Å².